The van der Waals surface area contributed by atoms with Gasteiger partial charge in [0.05, 0.1) is 28.7 Å². The van der Waals surface area contributed by atoms with Crippen molar-refractivity contribution in [3.05, 3.63) is 75.8 Å². The molecule has 8 heteroatoms. The molecule has 0 radical (unpaired) electrons. The van der Waals surface area contributed by atoms with Crippen LogP contribution in [0.1, 0.15) is 17.0 Å². The molecule has 0 saturated carbocycles. The molecule has 0 saturated heterocycles. The zero-order valence-electron chi connectivity index (χ0n) is 17.4. The van der Waals surface area contributed by atoms with Gasteiger partial charge < -0.3 is 9.47 Å². The summed E-state index contributed by atoms with van der Waals surface area (Å²) in [5, 5.41) is 5.22. The van der Waals surface area contributed by atoms with E-state index in [0.29, 0.717) is 17.1 Å². The Hall–Kier alpha value is -4.07. The van der Waals surface area contributed by atoms with Gasteiger partial charge in [-0.3, -0.25) is 19.9 Å². The topological polar surface area (TPSA) is 82.7 Å². The number of hydrazone groups is 1. The van der Waals surface area contributed by atoms with Crippen molar-refractivity contribution < 1.29 is 9.47 Å². The number of aryl methyl sites for hydroxylation is 1. The molecule has 0 atom stereocenters. The maximum atomic E-state index is 13.0. The predicted octanol–water partition coefficient (Wildman–Crippen LogP) is 3.52. The summed E-state index contributed by atoms with van der Waals surface area (Å²) in [6.07, 6.45) is 1.56. The van der Waals surface area contributed by atoms with Crippen LogP contribution in [0, 0.1) is 13.8 Å². The summed E-state index contributed by atoms with van der Waals surface area (Å²) in [5.41, 5.74) is 7.47. The van der Waals surface area contributed by atoms with E-state index in [-0.39, 0.29) is 12.4 Å². The Morgan fingerprint density at radius 1 is 1.10 bits per heavy atom. The van der Waals surface area contributed by atoms with Crippen LogP contribution in [0.3, 0.4) is 0 Å². The zero-order valence-corrected chi connectivity index (χ0v) is 17.4. The Bertz CT molecular complexity index is 1390. The molecule has 0 spiro atoms. The van der Waals surface area contributed by atoms with Crippen molar-refractivity contribution in [3.63, 3.8) is 0 Å². The molecule has 0 unspecified atom stereocenters. The van der Waals surface area contributed by atoms with Crippen molar-refractivity contribution in [2.75, 3.05) is 12.2 Å². The number of rotatable bonds is 4. The van der Waals surface area contributed by atoms with E-state index < -0.39 is 0 Å². The van der Waals surface area contributed by atoms with E-state index in [1.54, 1.807) is 10.9 Å². The molecule has 156 valence electrons. The lowest BCUT2D eigenvalue weighted by Gasteiger charge is -2.08. The van der Waals surface area contributed by atoms with E-state index in [0.717, 1.165) is 33.7 Å². The summed E-state index contributed by atoms with van der Waals surface area (Å²) >= 11 is 0. The monoisotopic (exact) mass is 415 g/mol. The second kappa shape index (κ2) is 7.32. The Kier molecular flexibility index (Phi) is 4.47. The van der Waals surface area contributed by atoms with Crippen LogP contribution in [0.15, 0.2) is 58.4 Å². The first-order chi connectivity index (χ1) is 15.0. The highest BCUT2D eigenvalue weighted by Crippen LogP contribution is 2.38. The van der Waals surface area contributed by atoms with E-state index in [1.165, 1.54) is 0 Å². The molecule has 1 N–H and O–H groups in total. The predicted molar refractivity (Wildman–Crippen MR) is 120 cm³/mol. The molecule has 0 fully saturated rings. The summed E-state index contributed by atoms with van der Waals surface area (Å²) in [4.78, 5) is 17.6. The number of hydrogen-bond acceptors (Lipinski definition) is 6. The highest BCUT2D eigenvalue weighted by molar-refractivity contribution is 5.94. The number of nitrogens with one attached hydrogen (secondary N) is 1. The zero-order chi connectivity index (χ0) is 21.5. The van der Waals surface area contributed by atoms with Crippen LogP contribution >= 0.6 is 0 Å². The lowest BCUT2D eigenvalue weighted by Crippen LogP contribution is -2.20. The molecule has 0 bridgehead atoms. The van der Waals surface area contributed by atoms with Crippen molar-refractivity contribution in [2.45, 2.75) is 13.8 Å². The van der Waals surface area contributed by atoms with Gasteiger partial charge in [-0.1, -0.05) is 18.2 Å². The van der Waals surface area contributed by atoms with Crippen LogP contribution in [0.2, 0.25) is 0 Å². The summed E-state index contributed by atoms with van der Waals surface area (Å²) in [5.74, 6) is 1.36. The van der Waals surface area contributed by atoms with Gasteiger partial charge in [-0.2, -0.15) is 5.10 Å². The molecular weight excluding hydrogens is 394 g/mol. The molecular formula is C23H21N5O3. The van der Waals surface area contributed by atoms with E-state index in [1.807, 2.05) is 74.1 Å². The standard InChI is InChI=1S/C23H21N5O3/c1-14-9-20(17-10-21-22(31-13-30-21)11-19(17)25-14)26-24-12-18-15(2)27(3)28(23(18)29)16-7-5-4-6-8-16/h4-12H,13H2,1-3H3,(H,25,26). The van der Waals surface area contributed by atoms with Crippen molar-refractivity contribution in [2.24, 2.45) is 12.1 Å². The number of aromatic nitrogens is 3. The molecule has 1 aliphatic heterocycles. The number of anilines is 1. The van der Waals surface area contributed by atoms with Crippen molar-refractivity contribution in [1.29, 1.82) is 0 Å². The van der Waals surface area contributed by atoms with Gasteiger partial charge in [0.1, 0.15) is 0 Å². The third kappa shape index (κ3) is 3.22. The molecule has 4 aromatic rings. The van der Waals surface area contributed by atoms with Crippen LogP contribution in [0.5, 0.6) is 11.5 Å². The molecule has 31 heavy (non-hydrogen) atoms. The van der Waals surface area contributed by atoms with E-state index >= 15 is 0 Å². The number of ether oxygens (including phenoxy) is 2. The van der Waals surface area contributed by atoms with Gasteiger partial charge in [-0.15, -0.1) is 0 Å². The van der Waals surface area contributed by atoms with Crippen molar-refractivity contribution in [1.82, 2.24) is 14.3 Å². The van der Waals surface area contributed by atoms with Crippen LogP contribution in [-0.4, -0.2) is 27.4 Å². The fourth-order valence-corrected chi connectivity index (χ4v) is 3.74. The third-order valence-electron chi connectivity index (χ3n) is 5.41. The molecule has 8 nitrogen and oxygen atoms in total. The lowest BCUT2D eigenvalue weighted by molar-refractivity contribution is 0.174. The quantitative estimate of drug-likeness (QED) is 0.407. The first-order valence-electron chi connectivity index (χ1n) is 9.87. The van der Waals surface area contributed by atoms with E-state index in [9.17, 15) is 4.79 Å². The van der Waals surface area contributed by atoms with Gasteiger partial charge in [0, 0.05) is 29.9 Å². The largest absolute Gasteiger partial charge is 0.454 e. The van der Waals surface area contributed by atoms with Gasteiger partial charge in [0.25, 0.3) is 5.56 Å². The number of benzene rings is 2. The molecule has 0 amide bonds. The Balaban J connectivity index is 1.51. The van der Waals surface area contributed by atoms with Gasteiger partial charge in [-0.05, 0) is 38.1 Å². The summed E-state index contributed by atoms with van der Waals surface area (Å²) in [6, 6.07) is 15.2. The molecule has 0 aliphatic carbocycles. The number of nitrogens with zero attached hydrogens (tertiary/aromatic N) is 4. The molecule has 1 aliphatic rings. The summed E-state index contributed by atoms with van der Waals surface area (Å²) < 4.78 is 14.4. The lowest BCUT2D eigenvalue weighted by atomic mass is 10.1. The number of pyridine rings is 1. The van der Waals surface area contributed by atoms with Crippen LogP contribution in [0.25, 0.3) is 16.6 Å². The number of para-hydroxylation sites is 1. The third-order valence-corrected chi connectivity index (χ3v) is 5.41. The molecule has 5 rings (SSSR count). The average molecular weight is 415 g/mol. The second-order valence-corrected chi connectivity index (χ2v) is 7.38. The summed E-state index contributed by atoms with van der Waals surface area (Å²) in [7, 11) is 1.86. The Morgan fingerprint density at radius 2 is 1.84 bits per heavy atom. The molecule has 2 aromatic heterocycles. The minimum absolute atomic E-state index is 0.129. The minimum atomic E-state index is -0.129. The van der Waals surface area contributed by atoms with Gasteiger partial charge in [0.2, 0.25) is 6.79 Å². The van der Waals surface area contributed by atoms with Crippen molar-refractivity contribution >= 4 is 22.8 Å². The Labute approximate surface area is 178 Å². The van der Waals surface area contributed by atoms with E-state index in [4.69, 9.17) is 9.47 Å². The highest BCUT2D eigenvalue weighted by Gasteiger charge is 2.17. The Morgan fingerprint density at radius 3 is 2.61 bits per heavy atom. The molecule has 3 heterocycles. The van der Waals surface area contributed by atoms with Crippen LogP contribution in [-0.2, 0) is 7.05 Å². The molecule has 2 aromatic carbocycles. The van der Waals surface area contributed by atoms with Gasteiger partial charge >= 0.3 is 0 Å². The van der Waals surface area contributed by atoms with E-state index in [2.05, 4.69) is 15.5 Å². The maximum absolute atomic E-state index is 13.0. The fourth-order valence-electron chi connectivity index (χ4n) is 3.74. The van der Waals surface area contributed by atoms with Crippen LogP contribution in [0.4, 0.5) is 5.69 Å². The normalized spacial score (nSPS) is 12.7. The van der Waals surface area contributed by atoms with Gasteiger partial charge in [0.15, 0.2) is 11.5 Å². The highest BCUT2D eigenvalue weighted by atomic mass is 16.7. The maximum Gasteiger partial charge on any atom is 0.280 e. The summed E-state index contributed by atoms with van der Waals surface area (Å²) in [6.45, 7) is 4.01. The van der Waals surface area contributed by atoms with Crippen LogP contribution < -0.4 is 20.5 Å². The van der Waals surface area contributed by atoms with Gasteiger partial charge in [-0.25, -0.2) is 4.68 Å². The fraction of sp³-hybridized carbons (Fsp3) is 0.174. The average Bonchev–Trinajstić information content (AvgIpc) is 3.30. The SMILES string of the molecule is Cc1cc(NN=Cc2c(C)n(C)n(-c3ccccc3)c2=O)c2cc3c(cc2n1)OCO3. The second-order valence-electron chi connectivity index (χ2n) is 7.38. The van der Waals surface area contributed by atoms with Crippen molar-refractivity contribution in [3.8, 4) is 17.2 Å². The first kappa shape index (κ1) is 18.9. The number of hydrogen-bond donors (Lipinski definition) is 1. The minimum Gasteiger partial charge on any atom is -0.454 e. The number of fused-ring (bicyclic) bond motifs is 2. The first-order valence-corrected chi connectivity index (χ1v) is 9.87. The smallest absolute Gasteiger partial charge is 0.280 e.